The normalized spacial score (nSPS) is 10.3. The Labute approximate surface area is 112 Å². The summed E-state index contributed by atoms with van der Waals surface area (Å²) in [4.78, 5) is 16.6. The van der Waals surface area contributed by atoms with Crippen LogP contribution >= 0.6 is 27.3 Å². The zero-order chi connectivity index (χ0) is 12.4. The number of aryl methyl sites for hydroxylation is 2. The molecule has 1 N–H and O–H groups in total. The van der Waals surface area contributed by atoms with E-state index in [2.05, 4.69) is 26.2 Å². The summed E-state index contributed by atoms with van der Waals surface area (Å²) < 4.78 is 0.912. The minimum atomic E-state index is -0.123. The predicted octanol–water partition coefficient (Wildman–Crippen LogP) is 3.77. The van der Waals surface area contributed by atoms with Gasteiger partial charge in [0.2, 0.25) is 0 Å². The van der Waals surface area contributed by atoms with Crippen LogP contribution in [0.5, 0.6) is 0 Å². The average molecular weight is 311 g/mol. The van der Waals surface area contributed by atoms with E-state index in [4.69, 9.17) is 0 Å². The summed E-state index contributed by atoms with van der Waals surface area (Å²) in [6, 6.07) is 5.76. The zero-order valence-electron chi connectivity index (χ0n) is 9.45. The molecule has 0 aliphatic heterocycles. The minimum absolute atomic E-state index is 0.123. The Bertz CT molecular complexity index is 565. The number of amides is 1. The van der Waals surface area contributed by atoms with Gasteiger partial charge in [0.25, 0.3) is 5.91 Å². The molecule has 17 heavy (non-hydrogen) atoms. The van der Waals surface area contributed by atoms with Crippen molar-refractivity contribution in [2.24, 2.45) is 0 Å². The average Bonchev–Trinajstić information content (AvgIpc) is 2.72. The van der Waals surface area contributed by atoms with E-state index in [0.717, 1.165) is 20.7 Å². The lowest BCUT2D eigenvalue weighted by Gasteiger charge is -2.07. The number of hydrogen-bond acceptors (Lipinski definition) is 3. The number of nitrogens with one attached hydrogen (secondary N) is 1. The Morgan fingerprint density at radius 3 is 2.82 bits per heavy atom. The van der Waals surface area contributed by atoms with Crippen molar-refractivity contribution < 1.29 is 4.79 Å². The van der Waals surface area contributed by atoms with Gasteiger partial charge in [-0.05, 0) is 41.4 Å². The first-order chi connectivity index (χ1) is 8.08. The monoisotopic (exact) mass is 310 g/mol. The van der Waals surface area contributed by atoms with E-state index in [1.165, 1.54) is 11.3 Å². The molecule has 1 amide bonds. The number of hydrogen-bond donors (Lipinski definition) is 1. The number of nitrogens with zero attached hydrogens (tertiary/aromatic N) is 1. The van der Waals surface area contributed by atoms with Gasteiger partial charge < -0.3 is 5.32 Å². The van der Waals surface area contributed by atoms with Gasteiger partial charge in [0.05, 0.1) is 16.9 Å². The van der Waals surface area contributed by atoms with E-state index in [0.29, 0.717) is 4.88 Å². The number of carbonyl (C=O) groups is 1. The third kappa shape index (κ3) is 2.73. The van der Waals surface area contributed by atoms with Crippen molar-refractivity contribution in [1.29, 1.82) is 0 Å². The third-order valence-electron chi connectivity index (χ3n) is 2.29. The Morgan fingerprint density at radius 1 is 1.41 bits per heavy atom. The fraction of sp³-hybridized carbons (Fsp3) is 0.167. The topological polar surface area (TPSA) is 42.0 Å². The van der Waals surface area contributed by atoms with Crippen LogP contribution in [-0.2, 0) is 0 Å². The van der Waals surface area contributed by atoms with Crippen LogP contribution in [0.1, 0.15) is 20.2 Å². The molecular formula is C12H11BrN2OS. The maximum absolute atomic E-state index is 11.9. The van der Waals surface area contributed by atoms with E-state index < -0.39 is 0 Å². The van der Waals surface area contributed by atoms with Crippen molar-refractivity contribution >= 4 is 38.9 Å². The summed E-state index contributed by atoms with van der Waals surface area (Å²) in [7, 11) is 0. The van der Waals surface area contributed by atoms with E-state index >= 15 is 0 Å². The van der Waals surface area contributed by atoms with Crippen molar-refractivity contribution in [2.45, 2.75) is 13.8 Å². The molecule has 3 nitrogen and oxygen atoms in total. The molecule has 0 spiro atoms. The van der Waals surface area contributed by atoms with Crippen molar-refractivity contribution in [2.75, 3.05) is 5.32 Å². The van der Waals surface area contributed by atoms with Gasteiger partial charge in [-0.3, -0.25) is 4.79 Å². The molecule has 88 valence electrons. The number of thiazole rings is 1. The van der Waals surface area contributed by atoms with Crippen LogP contribution in [0.4, 0.5) is 5.69 Å². The summed E-state index contributed by atoms with van der Waals surface area (Å²) in [5, 5.41) is 3.75. The first-order valence-corrected chi connectivity index (χ1v) is 6.68. The SMILES string of the molecule is Cc1ncc(C(=O)Nc2cccc(C)c2Br)s1. The molecule has 2 rings (SSSR count). The molecule has 1 aromatic heterocycles. The van der Waals surface area contributed by atoms with Gasteiger partial charge in [-0.2, -0.15) is 0 Å². The standard InChI is InChI=1S/C12H11BrN2OS/c1-7-4-3-5-9(11(7)13)15-12(16)10-6-14-8(2)17-10/h3-6H,1-2H3,(H,15,16). The zero-order valence-corrected chi connectivity index (χ0v) is 11.9. The second-order valence-electron chi connectivity index (χ2n) is 3.63. The Kier molecular flexibility index (Phi) is 3.59. The van der Waals surface area contributed by atoms with Crippen LogP contribution in [-0.4, -0.2) is 10.9 Å². The van der Waals surface area contributed by atoms with Crippen LogP contribution in [0, 0.1) is 13.8 Å². The molecule has 0 radical (unpaired) electrons. The van der Waals surface area contributed by atoms with Crippen molar-refractivity contribution in [3.8, 4) is 0 Å². The molecule has 0 unspecified atom stereocenters. The maximum atomic E-state index is 11.9. The second kappa shape index (κ2) is 4.98. The molecule has 0 saturated carbocycles. The van der Waals surface area contributed by atoms with Gasteiger partial charge in [-0.25, -0.2) is 4.98 Å². The lowest BCUT2D eigenvalue weighted by atomic mass is 10.2. The Hall–Kier alpha value is -1.20. The van der Waals surface area contributed by atoms with Crippen LogP contribution in [0.2, 0.25) is 0 Å². The Morgan fingerprint density at radius 2 is 2.18 bits per heavy atom. The molecule has 0 fully saturated rings. The van der Waals surface area contributed by atoms with E-state index in [-0.39, 0.29) is 5.91 Å². The molecule has 5 heteroatoms. The van der Waals surface area contributed by atoms with Gasteiger partial charge in [-0.1, -0.05) is 12.1 Å². The summed E-state index contributed by atoms with van der Waals surface area (Å²) in [6.07, 6.45) is 1.60. The summed E-state index contributed by atoms with van der Waals surface area (Å²) >= 11 is 4.85. The third-order valence-corrected chi connectivity index (χ3v) is 4.25. The highest BCUT2D eigenvalue weighted by atomic mass is 79.9. The number of anilines is 1. The molecule has 0 atom stereocenters. The molecule has 0 aliphatic rings. The number of benzene rings is 1. The summed E-state index contributed by atoms with van der Waals surface area (Å²) in [5.41, 5.74) is 1.87. The minimum Gasteiger partial charge on any atom is -0.320 e. The van der Waals surface area contributed by atoms with Crippen molar-refractivity contribution in [1.82, 2.24) is 4.98 Å². The van der Waals surface area contributed by atoms with Crippen LogP contribution in [0.15, 0.2) is 28.9 Å². The molecule has 1 heterocycles. The smallest absolute Gasteiger partial charge is 0.267 e. The molecule has 2 aromatic rings. The number of aromatic nitrogens is 1. The lowest BCUT2D eigenvalue weighted by Crippen LogP contribution is -2.10. The van der Waals surface area contributed by atoms with Gasteiger partial charge in [0.1, 0.15) is 4.88 Å². The van der Waals surface area contributed by atoms with E-state index in [1.807, 2.05) is 32.0 Å². The molecule has 0 aliphatic carbocycles. The Balaban J connectivity index is 2.21. The van der Waals surface area contributed by atoms with Gasteiger partial charge >= 0.3 is 0 Å². The summed E-state index contributed by atoms with van der Waals surface area (Å²) in [6.45, 7) is 3.86. The molecule has 0 saturated heterocycles. The highest BCUT2D eigenvalue weighted by Gasteiger charge is 2.11. The highest BCUT2D eigenvalue weighted by Crippen LogP contribution is 2.26. The van der Waals surface area contributed by atoms with E-state index in [1.54, 1.807) is 6.20 Å². The van der Waals surface area contributed by atoms with E-state index in [9.17, 15) is 4.79 Å². The molecule has 0 bridgehead atoms. The van der Waals surface area contributed by atoms with Crippen LogP contribution < -0.4 is 5.32 Å². The quantitative estimate of drug-likeness (QED) is 0.917. The van der Waals surface area contributed by atoms with Crippen LogP contribution in [0.3, 0.4) is 0 Å². The van der Waals surface area contributed by atoms with Gasteiger partial charge in [0.15, 0.2) is 0 Å². The number of halogens is 1. The number of rotatable bonds is 2. The maximum Gasteiger partial charge on any atom is 0.267 e. The van der Waals surface area contributed by atoms with Gasteiger partial charge in [-0.15, -0.1) is 11.3 Å². The van der Waals surface area contributed by atoms with Gasteiger partial charge in [0, 0.05) is 4.47 Å². The van der Waals surface area contributed by atoms with Crippen LogP contribution in [0.25, 0.3) is 0 Å². The summed E-state index contributed by atoms with van der Waals surface area (Å²) in [5.74, 6) is -0.123. The first kappa shape index (κ1) is 12.3. The molecular weight excluding hydrogens is 300 g/mol. The predicted molar refractivity (Wildman–Crippen MR) is 73.7 cm³/mol. The van der Waals surface area contributed by atoms with Crippen molar-refractivity contribution in [3.63, 3.8) is 0 Å². The first-order valence-electron chi connectivity index (χ1n) is 5.07. The number of carbonyl (C=O) groups excluding carboxylic acids is 1. The van der Waals surface area contributed by atoms with Crippen molar-refractivity contribution in [3.05, 3.63) is 44.3 Å². The fourth-order valence-corrected chi connectivity index (χ4v) is 2.43. The highest BCUT2D eigenvalue weighted by molar-refractivity contribution is 9.10. The second-order valence-corrected chi connectivity index (χ2v) is 5.66. The molecule has 1 aromatic carbocycles. The largest absolute Gasteiger partial charge is 0.320 e. The fourth-order valence-electron chi connectivity index (χ4n) is 1.39. The lowest BCUT2D eigenvalue weighted by molar-refractivity contribution is 0.103.